The van der Waals surface area contributed by atoms with Crippen LogP contribution in [0, 0.1) is 13.8 Å². The van der Waals surface area contributed by atoms with Gasteiger partial charge in [0.25, 0.3) is 5.91 Å². The first-order valence-electron chi connectivity index (χ1n) is 7.50. The molecule has 1 aromatic heterocycles. The Hall–Kier alpha value is -2.46. The Morgan fingerprint density at radius 3 is 2.48 bits per heavy atom. The van der Waals surface area contributed by atoms with E-state index in [4.69, 9.17) is 0 Å². The quantitative estimate of drug-likeness (QED) is 0.775. The van der Waals surface area contributed by atoms with E-state index in [2.05, 4.69) is 29.4 Å². The van der Waals surface area contributed by atoms with Gasteiger partial charge in [-0.25, -0.2) is 4.98 Å². The Bertz CT molecular complexity index is 824. The van der Waals surface area contributed by atoms with E-state index < -0.39 is 0 Å². The predicted molar refractivity (Wildman–Crippen MR) is 94.6 cm³/mol. The summed E-state index contributed by atoms with van der Waals surface area (Å²) >= 11 is 1.64. The Morgan fingerprint density at radius 2 is 1.74 bits per heavy atom. The molecule has 4 heteroatoms. The molecular formula is C19H18N2OS. The maximum absolute atomic E-state index is 12.1. The van der Waals surface area contributed by atoms with Crippen molar-refractivity contribution in [3.05, 3.63) is 76.3 Å². The first-order valence-corrected chi connectivity index (χ1v) is 8.32. The summed E-state index contributed by atoms with van der Waals surface area (Å²) < 4.78 is 0. The molecule has 0 radical (unpaired) electrons. The van der Waals surface area contributed by atoms with Gasteiger partial charge in [-0.05, 0) is 31.5 Å². The van der Waals surface area contributed by atoms with Crippen molar-refractivity contribution in [1.82, 2.24) is 10.3 Å². The van der Waals surface area contributed by atoms with E-state index in [1.165, 1.54) is 5.56 Å². The molecule has 0 fully saturated rings. The number of aromatic nitrogens is 1. The second-order valence-corrected chi connectivity index (χ2v) is 6.47. The normalized spacial score (nSPS) is 10.5. The summed E-state index contributed by atoms with van der Waals surface area (Å²) in [6.45, 7) is 4.58. The number of nitrogens with one attached hydrogen (secondary N) is 1. The van der Waals surface area contributed by atoms with E-state index >= 15 is 0 Å². The van der Waals surface area contributed by atoms with Crippen molar-refractivity contribution in [3.8, 4) is 10.6 Å². The van der Waals surface area contributed by atoms with Gasteiger partial charge in [-0.2, -0.15) is 0 Å². The highest BCUT2D eigenvalue weighted by molar-refractivity contribution is 7.15. The molecule has 0 aliphatic heterocycles. The molecule has 0 unspecified atom stereocenters. The molecule has 0 bridgehead atoms. The minimum atomic E-state index is -0.0594. The van der Waals surface area contributed by atoms with Crippen molar-refractivity contribution >= 4 is 17.2 Å². The highest BCUT2D eigenvalue weighted by atomic mass is 32.1. The zero-order valence-corrected chi connectivity index (χ0v) is 14.0. The summed E-state index contributed by atoms with van der Waals surface area (Å²) in [6.07, 6.45) is 0. The lowest BCUT2D eigenvalue weighted by molar-refractivity contribution is 0.0951. The molecule has 2 aromatic carbocycles. The summed E-state index contributed by atoms with van der Waals surface area (Å²) in [7, 11) is 0. The van der Waals surface area contributed by atoms with Crippen LogP contribution in [0.1, 0.15) is 26.5 Å². The molecule has 1 heterocycles. The third kappa shape index (κ3) is 3.48. The van der Waals surface area contributed by atoms with Crippen molar-refractivity contribution < 1.29 is 4.79 Å². The van der Waals surface area contributed by atoms with Gasteiger partial charge in [0.15, 0.2) is 0 Å². The Balaban J connectivity index is 1.75. The summed E-state index contributed by atoms with van der Waals surface area (Å²) in [5.74, 6) is -0.0594. The topological polar surface area (TPSA) is 42.0 Å². The second-order valence-electron chi connectivity index (χ2n) is 5.39. The number of carbonyl (C=O) groups excluding carboxylic acids is 1. The van der Waals surface area contributed by atoms with Gasteiger partial charge in [-0.1, -0.05) is 42.5 Å². The van der Waals surface area contributed by atoms with Crippen molar-refractivity contribution in [2.75, 3.05) is 0 Å². The largest absolute Gasteiger partial charge is 0.347 e. The van der Waals surface area contributed by atoms with E-state index in [1.807, 2.05) is 49.4 Å². The van der Waals surface area contributed by atoms with Crippen LogP contribution < -0.4 is 5.32 Å². The molecule has 116 valence electrons. The van der Waals surface area contributed by atoms with Gasteiger partial charge in [0.2, 0.25) is 0 Å². The van der Waals surface area contributed by atoms with Gasteiger partial charge in [-0.15, -0.1) is 11.3 Å². The smallest absolute Gasteiger partial charge is 0.251 e. The van der Waals surface area contributed by atoms with Crippen LogP contribution >= 0.6 is 11.3 Å². The molecule has 3 aromatic rings. The first-order chi connectivity index (χ1) is 11.1. The number of thiazole rings is 1. The predicted octanol–water partition coefficient (Wildman–Crippen LogP) is 4.36. The van der Waals surface area contributed by atoms with Crippen LogP contribution in [0.3, 0.4) is 0 Å². The van der Waals surface area contributed by atoms with Gasteiger partial charge in [0.05, 0.1) is 12.2 Å². The van der Waals surface area contributed by atoms with Gasteiger partial charge >= 0.3 is 0 Å². The average Bonchev–Trinajstić information content (AvgIpc) is 2.94. The number of carbonyl (C=O) groups is 1. The molecule has 1 N–H and O–H groups in total. The van der Waals surface area contributed by atoms with Crippen molar-refractivity contribution in [3.63, 3.8) is 0 Å². The first kappa shape index (κ1) is 15.4. The number of aryl methyl sites for hydroxylation is 2. The molecule has 0 spiro atoms. The van der Waals surface area contributed by atoms with Crippen LogP contribution in [0.4, 0.5) is 0 Å². The number of rotatable bonds is 4. The third-order valence-electron chi connectivity index (χ3n) is 3.71. The molecular weight excluding hydrogens is 304 g/mol. The van der Waals surface area contributed by atoms with Gasteiger partial charge in [-0.3, -0.25) is 4.79 Å². The zero-order chi connectivity index (χ0) is 16.2. The molecule has 23 heavy (non-hydrogen) atoms. The van der Waals surface area contributed by atoms with Crippen LogP contribution in [-0.2, 0) is 6.54 Å². The molecule has 3 rings (SSSR count). The van der Waals surface area contributed by atoms with Gasteiger partial charge in [0.1, 0.15) is 5.01 Å². The maximum atomic E-state index is 12.1. The summed E-state index contributed by atoms with van der Waals surface area (Å²) in [5, 5.41) is 3.97. The fourth-order valence-corrected chi connectivity index (χ4v) is 3.46. The lowest BCUT2D eigenvalue weighted by atomic mass is 10.1. The van der Waals surface area contributed by atoms with Gasteiger partial charge in [0, 0.05) is 16.0 Å². The second kappa shape index (κ2) is 6.75. The molecule has 0 atom stereocenters. The fourth-order valence-electron chi connectivity index (χ4n) is 2.37. The van der Waals surface area contributed by atoms with Gasteiger partial charge < -0.3 is 5.32 Å². The van der Waals surface area contributed by atoms with Crippen LogP contribution in [0.15, 0.2) is 54.6 Å². The lowest BCUT2D eigenvalue weighted by Crippen LogP contribution is -2.22. The summed E-state index contributed by atoms with van der Waals surface area (Å²) in [6, 6.07) is 17.5. The molecule has 0 aliphatic rings. The van der Waals surface area contributed by atoms with Crippen LogP contribution in [0.5, 0.6) is 0 Å². The third-order valence-corrected chi connectivity index (χ3v) is 4.90. The van der Waals surface area contributed by atoms with E-state index in [1.54, 1.807) is 11.3 Å². The summed E-state index contributed by atoms with van der Waals surface area (Å²) in [4.78, 5) is 17.9. The van der Waals surface area contributed by atoms with E-state index in [0.29, 0.717) is 12.1 Å². The standard InChI is InChI=1S/C19H18N2OS/c1-13-8-6-7-11-16(13)19-21-14(2)17(23-19)12-20-18(22)15-9-4-3-5-10-15/h3-11H,12H2,1-2H3,(H,20,22). The van der Waals surface area contributed by atoms with Crippen molar-refractivity contribution in [2.24, 2.45) is 0 Å². The molecule has 3 nitrogen and oxygen atoms in total. The van der Waals surface area contributed by atoms with Crippen molar-refractivity contribution in [2.45, 2.75) is 20.4 Å². The maximum Gasteiger partial charge on any atom is 0.251 e. The lowest BCUT2D eigenvalue weighted by Gasteiger charge is -2.03. The summed E-state index contributed by atoms with van der Waals surface area (Å²) in [5.41, 5.74) is 4.01. The number of nitrogens with zero attached hydrogens (tertiary/aromatic N) is 1. The van der Waals surface area contributed by atoms with Crippen LogP contribution in [0.25, 0.3) is 10.6 Å². The zero-order valence-electron chi connectivity index (χ0n) is 13.2. The number of benzene rings is 2. The van der Waals surface area contributed by atoms with Crippen LogP contribution in [0.2, 0.25) is 0 Å². The average molecular weight is 322 g/mol. The number of hydrogen-bond donors (Lipinski definition) is 1. The van der Waals surface area contributed by atoms with Crippen LogP contribution in [-0.4, -0.2) is 10.9 Å². The fraction of sp³-hybridized carbons (Fsp3) is 0.158. The van der Waals surface area contributed by atoms with E-state index in [-0.39, 0.29) is 5.91 Å². The Labute approximate surface area is 140 Å². The van der Waals surface area contributed by atoms with E-state index in [9.17, 15) is 4.79 Å². The Kier molecular flexibility index (Phi) is 4.53. The minimum Gasteiger partial charge on any atom is -0.347 e. The Morgan fingerprint density at radius 1 is 1.04 bits per heavy atom. The number of amides is 1. The molecule has 0 aliphatic carbocycles. The molecule has 0 saturated carbocycles. The highest BCUT2D eigenvalue weighted by Crippen LogP contribution is 2.29. The number of hydrogen-bond acceptors (Lipinski definition) is 3. The van der Waals surface area contributed by atoms with E-state index in [0.717, 1.165) is 21.1 Å². The SMILES string of the molecule is Cc1ccccc1-c1nc(C)c(CNC(=O)c2ccccc2)s1. The minimum absolute atomic E-state index is 0.0594. The monoisotopic (exact) mass is 322 g/mol. The molecule has 0 saturated heterocycles. The molecule has 1 amide bonds. The highest BCUT2D eigenvalue weighted by Gasteiger charge is 2.12. The van der Waals surface area contributed by atoms with Crippen molar-refractivity contribution in [1.29, 1.82) is 0 Å².